The number of nitrogens with one attached hydrogen (secondary N) is 1. The van der Waals surface area contributed by atoms with E-state index in [1.807, 2.05) is 44.4 Å². The molecule has 0 aliphatic rings. The van der Waals surface area contributed by atoms with Crippen LogP contribution in [0.1, 0.15) is 27.4 Å². The molecule has 24 heavy (non-hydrogen) atoms. The number of hydrogen-bond acceptors (Lipinski definition) is 6. The zero-order chi connectivity index (χ0) is 17.3. The first kappa shape index (κ1) is 16.3. The number of aryl methyl sites for hydroxylation is 2. The monoisotopic (exact) mass is 343 g/mol. The Kier molecular flexibility index (Phi) is 4.39. The molecule has 0 atom stereocenters. The van der Waals surface area contributed by atoms with Gasteiger partial charge < -0.3 is 9.73 Å². The van der Waals surface area contributed by atoms with Crippen LogP contribution in [-0.4, -0.2) is 32.4 Å². The Morgan fingerprint density at radius 1 is 1.25 bits per heavy atom. The van der Waals surface area contributed by atoms with Crippen molar-refractivity contribution in [2.75, 3.05) is 11.6 Å². The number of carbonyl (C=O) groups is 1. The van der Waals surface area contributed by atoms with Crippen molar-refractivity contribution < 1.29 is 9.21 Å². The van der Waals surface area contributed by atoms with E-state index in [0.29, 0.717) is 22.2 Å². The molecule has 3 rings (SSSR count). The molecule has 124 valence electrons. The normalized spacial score (nSPS) is 10.8. The summed E-state index contributed by atoms with van der Waals surface area (Å²) in [6, 6.07) is 7.37. The molecule has 1 aromatic carbocycles. The number of nitrogens with zero attached hydrogens (tertiary/aromatic N) is 4. The van der Waals surface area contributed by atoms with Gasteiger partial charge in [0.15, 0.2) is 0 Å². The fourth-order valence-electron chi connectivity index (χ4n) is 2.50. The molecule has 0 aliphatic carbocycles. The molecule has 0 saturated heterocycles. The van der Waals surface area contributed by atoms with E-state index >= 15 is 0 Å². The summed E-state index contributed by atoms with van der Waals surface area (Å²) >= 11 is 1.45. The summed E-state index contributed by atoms with van der Waals surface area (Å²) in [6.07, 6.45) is 1.90. The van der Waals surface area contributed by atoms with Crippen LogP contribution in [0.15, 0.2) is 33.8 Å². The van der Waals surface area contributed by atoms with Gasteiger partial charge in [-0.3, -0.25) is 4.79 Å². The van der Waals surface area contributed by atoms with Crippen LogP contribution in [0.5, 0.6) is 0 Å². The molecule has 3 aromatic rings. The Balaban J connectivity index is 1.89. The lowest BCUT2D eigenvalue weighted by Crippen LogP contribution is -2.14. The highest BCUT2D eigenvalue weighted by Crippen LogP contribution is 2.23. The van der Waals surface area contributed by atoms with Crippen LogP contribution >= 0.6 is 11.8 Å². The molecule has 0 radical (unpaired) electrons. The maximum Gasteiger partial charge on any atom is 0.259 e. The van der Waals surface area contributed by atoms with E-state index in [0.717, 1.165) is 17.0 Å². The van der Waals surface area contributed by atoms with E-state index in [9.17, 15) is 4.79 Å². The Morgan fingerprint density at radius 3 is 2.71 bits per heavy atom. The molecule has 0 fully saturated rings. The second kappa shape index (κ2) is 6.48. The zero-order valence-electron chi connectivity index (χ0n) is 13.8. The molecule has 7 nitrogen and oxygen atoms in total. The van der Waals surface area contributed by atoms with E-state index in [2.05, 4.69) is 20.8 Å². The minimum Gasteiger partial charge on any atom is -0.466 e. The summed E-state index contributed by atoms with van der Waals surface area (Å²) in [5.41, 5.74) is 2.87. The van der Waals surface area contributed by atoms with Gasteiger partial charge in [-0.1, -0.05) is 17.8 Å². The summed E-state index contributed by atoms with van der Waals surface area (Å²) in [5.74, 6) is 1.18. The third-order valence-corrected chi connectivity index (χ3v) is 4.38. The summed E-state index contributed by atoms with van der Waals surface area (Å²) < 4.78 is 7.15. The third-order valence-electron chi connectivity index (χ3n) is 3.76. The van der Waals surface area contributed by atoms with Crippen molar-refractivity contribution in [3.05, 3.63) is 46.9 Å². The molecule has 2 heterocycles. The molecule has 8 heteroatoms. The second-order valence-corrected chi connectivity index (χ2v) is 6.07. The van der Waals surface area contributed by atoms with E-state index in [-0.39, 0.29) is 5.91 Å². The highest BCUT2D eigenvalue weighted by Gasteiger charge is 2.19. The molecule has 0 saturated carbocycles. The van der Waals surface area contributed by atoms with Gasteiger partial charge in [-0.15, -0.1) is 5.10 Å². The fourth-order valence-corrected chi connectivity index (χ4v) is 2.94. The number of benzene rings is 1. The third kappa shape index (κ3) is 2.92. The minimum absolute atomic E-state index is 0.194. The van der Waals surface area contributed by atoms with Crippen molar-refractivity contribution in [3.63, 3.8) is 0 Å². The standard InChI is InChI=1S/C16H17N5O2S/c1-9-10(2)23-11(3)14(9)15(22)17-12-6-5-7-13(8-12)21-16(24-4)18-19-20-21/h5-8H,1-4H3,(H,17,22). The number of amides is 1. The van der Waals surface area contributed by atoms with E-state index in [4.69, 9.17) is 4.42 Å². The number of aromatic nitrogens is 4. The molecule has 1 amide bonds. The van der Waals surface area contributed by atoms with Gasteiger partial charge in [0.25, 0.3) is 5.91 Å². The number of thioether (sulfide) groups is 1. The first-order chi connectivity index (χ1) is 11.5. The lowest BCUT2D eigenvalue weighted by molar-refractivity contribution is 0.102. The summed E-state index contributed by atoms with van der Waals surface area (Å²) in [5, 5.41) is 15.2. The second-order valence-electron chi connectivity index (χ2n) is 5.30. The first-order valence-corrected chi connectivity index (χ1v) is 8.54. The molecule has 1 N–H and O–H groups in total. The van der Waals surface area contributed by atoms with Gasteiger partial charge in [0, 0.05) is 11.3 Å². The van der Waals surface area contributed by atoms with Crippen molar-refractivity contribution >= 4 is 23.4 Å². The van der Waals surface area contributed by atoms with Crippen molar-refractivity contribution in [2.24, 2.45) is 0 Å². The van der Waals surface area contributed by atoms with Crippen molar-refractivity contribution in [1.29, 1.82) is 0 Å². The molecule has 0 bridgehead atoms. The van der Waals surface area contributed by atoms with Crippen LogP contribution in [0.3, 0.4) is 0 Å². The maximum atomic E-state index is 12.6. The lowest BCUT2D eigenvalue weighted by atomic mass is 10.1. The highest BCUT2D eigenvalue weighted by molar-refractivity contribution is 7.98. The summed E-state index contributed by atoms with van der Waals surface area (Å²) in [4.78, 5) is 12.6. The van der Waals surface area contributed by atoms with Gasteiger partial charge in [0.2, 0.25) is 5.16 Å². The smallest absolute Gasteiger partial charge is 0.259 e. The summed E-state index contributed by atoms with van der Waals surface area (Å²) in [7, 11) is 0. The SMILES string of the molecule is CSc1nnnn1-c1cccc(NC(=O)c2c(C)oc(C)c2C)c1. The number of furan rings is 1. The van der Waals surface area contributed by atoms with Gasteiger partial charge in [-0.05, 0) is 55.7 Å². The Hall–Kier alpha value is -2.61. The minimum atomic E-state index is -0.194. The van der Waals surface area contributed by atoms with E-state index in [1.54, 1.807) is 11.6 Å². The van der Waals surface area contributed by atoms with Crippen LogP contribution < -0.4 is 5.32 Å². The predicted octanol–water partition coefficient (Wildman–Crippen LogP) is 3.15. The highest BCUT2D eigenvalue weighted by atomic mass is 32.2. The molecule has 2 aromatic heterocycles. The average Bonchev–Trinajstić information content (AvgIpc) is 3.12. The van der Waals surface area contributed by atoms with Crippen molar-refractivity contribution in [2.45, 2.75) is 25.9 Å². The molecule has 0 unspecified atom stereocenters. The molecular formula is C16H17N5O2S. The van der Waals surface area contributed by atoms with Crippen LogP contribution in [0.25, 0.3) is 5.69 Å². The van der Waals surface area contributed by atoms with Crippen LogP contribution in [0.4, 0.5) is 5.69 Å². The number of hydrogen-bond donors (Lipinski definition) is 1. The topological polar surface area (TPSA) is 85.8 Å². The van der Waals surface area contributed by atoms with Crippen LogP contribution in [-0.2, 0) is 0 Å². The number of anilines is 1. The molecule has 0 spiro atoms. The zero-order valence-corrected chi connectivity index (χ0v) is 14.6. The number of carbonyl (C=O) groups excluding carboxylic acids is 1. The Labute approximate surface area is 143 Å². The maximum absolute atomic E-state index is 12.6. The quantitative estimate of drug-likeness (QED) is 0.732. The predicted molar refractivity (Wildman–Crippen MR) is 91.8 cm³/mol. The molecule has 0 aliphatic heterocycles. The Morgan fingerprint density at radius 2 is 2.04 bits per heavy atom. The van der Waals surface area contributed by atoms with Gasteiger partial charge in [-0.25, -0.2) is 0 Å². The van der Waals surface area contributed by atoms with Crippen LogP contribution in [0.2, 0.25) is 0 Å². The summed E-state index contributed by atoms with van der Waals surface area (Å²) in [6.45, 7) is 5.52. The average molecular weight is 343 g/mol. The first-order valence-electron chi connectivity index (χ1n) is 7.32. The molecular weight excluding hydrogens is 326 g/mol. The fraction of sp³-hybridized carbons (Fsp3) is 0.250. The largest absolute Gasteiger partial charge is 0.466 e. The number of rotatable bonds is 4. The van der Waals surface area contributed by atoms with Crippen molar-refractivity contribution in [1.82, 2.24) is 20.2 Å². The van der Waals surface area contributed by atoms with Crippen molar-refractivity contribution in [3.8, 4) is 5.69 Å². The van der Waals surface area contributed by atoms with E-state index in [1.165, 1.54) is 11.8 Å². The van der Waals surface area contributed by atoms with Gasteiger partial charge in [0.1, 0.15) is 11.5 Å². The van der Waals surface area contributed by atoms with Gasteiger partial charge >= 0.3 is 0 Å². The van der Waals surface area contributed by atoms with Gasteiger partial charge in [-0.2, -0.15) is 4.68 Å². The van der Waals surface area contributed by atoms with Gasteiger partial charge in [0.05, 0.1) is 11.3 Å². The van der Waals surface area contributed by atoms with Crippen LogP contribution in [0, 0.1) is 20.8 Å². The van der Waals surface area contributed by atoms with E-state index < -0.39 is 0 Å². The lowest BCUT2D eigenvalue weighted by Gasteiger charge is -2.08. The number of tetrazole rings is 1. The Bertz CT molecular complexity index is 900.